The summed E-state index contributed by atoms with van der Waals surface area (Å²) in [6, 6.07) is 5.91. The highest BCUT2D eigenvalue weighted by Crippen LogP contribution is 2.43. The highest BCUT2D eigenvalue weighted by molar-refractivity contribution is 5.31. The zero-order chi connectivity index (χ0) is 13.4. The summed E-state index contributed by atoms with van der Waals surface area (Å²) in [4.78, 5) is 0. The van der Waals surface area contributed by atoms with Crippen molar-refractivity contribution < 1.29 is 9.13 Å². The van der Waals surface area contributed by atoms with Crippen LogP contribution in [0.15, 0.2) is 30.4 Å². The van der Waals surface area contributed by atoms with Crippen LogP contribution < -0.4 is 10.1 Å². The second-order valence-electron chi connectivity index (χ2n) is 5.63. The molecular formula is C16H20FNO. The molecule has 4 unspecified atom stereocenters. The molecule has 0 saturated heterocycles. The number of nitrogens with one attached hydrogen (secondary N) is 1. The average Bonchev–Trinajstić information content (AvgIpc) is 2.77. The van der Waals surface area contributed by atoms with E-state index in [9.17, 15) is 4.39 Å². The molecule has 0 radical (unpaired) electrons. The first-order chi connectivity index (χ1) is 9.19. The summed E-state index contributed by atoms with van der Waals surface area (Å²) in [5.74, 6) is 1.54. The molecule has 0 amide bonds. The van der Waals surface area contributed by atoms with Crippen molar-refractivity contribution >= 4 is 0 Å². The first kappa shape index (κ1) is 12.7. The summed E-state index contributed by atoms with van der Waals surface area (Å²) >= 11 is 0. The smallest absolute Gasteiger partial charge is 0.165 e. The Morgan fingerprint density at radius 2 is 2.26 bits per heavy atom. The number of halogens is 1. The molecule has 102 valence electrons. The van der Waals surface area contributed by atoms with Crippen LogP contribution in [0.3, 0.4) is 0 Å². The van der Waals surface area contributed by atoms with Gasteiger partial charge in [-0.1, -0.05) is 18.2 Å². The summed E-state index contributed by atoms with van der Waals surface area (Å²) in [5, 5.41) is 3.61. The lowest BCUT2D eigenvalue weighted by Gasteiger charge is -2.42. The third-order valence-corrected chi connectivity index (χ3v) is 4.50. The lowest BCUT2D eigenvalue weighted by atomic mass is 9.71. The number of ether oxygens (including phenoxy) is 1. The van der Waals surface area contributed by atoms with E-state index in [1.807, 2.05) is 6.07 Å². The summed E-state index contributed by atoms with van der Waals surface area (Å²) in [7, 11) is 1.49. The van der Waals surface area contributed by atoms with Crippen LogP contribution in [-0.4, -0.2) is 13.2 Å². The molecule has 0 bridgehead atoms. The molecule has 2 aliphatic carbocycles. The second kappa shape index (κ2) is 4.97. The van der Waals surface area contributed by atoms with E-state index in [0.29, 0.717) is 17.7 Å². The first-order valence-electron chi connectivity index (χ1n) is 6.95. The number of benzene rings is 1. The Balaban J connectivity index is 1.65. The molecule has 0 spiro atoms. The lowest BCUT2D eigenvalue weighted by Crippen LogP contribution is -2.48. The monoisotopic (exact) mass is 261 g/mol. The van der Waals surface area contributed by atoms with E-state index < -0.39 is 0 Å². The summed E-state index contributed by atoms with van der Waals surface area (Å²) in [6.45, 7) is 2.09. The SMILES string of the molecule is COc1ccc(C(C)NC2CC3CC=CC32)cc1F. The summed E-state index contributed by atoms with van der Waals surface area (Å²) in [6.07, 6.45) is 7.08. The third kappa shape index (κ3) is 2.27. The molecular weight excluding hydrogens is 241 g/mol. The van der Waals surface area contributed by atoms with Gasteiger partial charge in [-0.25, -0.2) is 4.39 Å². The molecule has 1 saturated carbocycles. The quantitative estimate of drug-likeness (QED) is 0.838. The van der Waals surface area contributed by atoms with Gasteiger partial charge in [-0.05, 0) is 49.3 Å². The summed E-state index contributed by atoms with van der Waals surface area (Å²) < 4.78 is 18.6. The predicted molar refractivity (Wildman–Crippen MR) is 73.6 cm³/mol. The van der Waals surface area contributed by atoms with Crippen molar-refractivity contribution in [2.75, 3.05) is 7.11 Å². The van der Waals surface area contributed by atoms with E-state index in [4.69, 9.17) is 4.74 Å². The van der Waals surface area contributed by atoms with Crippen LogP contribution in [0.2, 0.25) is 0 Å². The van der Waals surface area contributed by atoms with Gasteiger partial charge in [-0.15, -0.1) is 0 Å². The zero-order valence-electron chi connectivity index (χ0n) is 11.4. The first-order valence-corrected chi connectivity index (χ1v) is 6.95. The number of hydrogen-bond donors (Lipinski definition) is 1. The van der Waals surface area contributed by atoms with E-state index in [-0.39, 0.29) is 11.9 Å². The summed E-state index contributed by atoms with van der Waals surface area (Å²) in [5.41, 5.74) is 0.976. The molecule has 0 aliphatic heterocycles. The fourth-order valence-electron chi connectivity index (χ4n) is 3.28. The molecule has 2 nitrogen and oxygen atoms in total. The molecule has 1 fully saturated rings. The number of fused-ring (bicyclic) bond motifs is 1. The van der Waals surface area contributed by atoms with Gasteiger partial charge < -0.3 is 10.1 Å². The van der Waals surface area contributed by atoms with E-state index in [1.165, 1.54) is 20.0 Å². The minimum Gasteiger partial charge on any atom is -0.494 e. The predicted octanol–water partition coefficient (Wildman–Crippen LogP) is 3.45. The number of rotatable bonds is 4. The van der Waals surface area contributed by atoms with Gasteiger partial charge in [0.2, 0.25) is 0 Å². The Morgan fingerprint density at radius 3 is 2.95 bits per heavy atom. The van der Waals surface area contributed by atoms with Gasteiger partial charge >= 0.3 is 0 Å². The largest absolute Gasteiger partial charge is 0.494 e. The molecule has 1 aromatic carbocycles. The Morgan fingerprint density at radius 1 is 1.42 bits per heavy atom. The van der Waals surface area contributed by atoms with Crippen molar-refractivity contribution in [2.45, 2.75) is 31.8 Å². The van der Waals surface area contributed by atoms with Gasteiger partial charge in [-0.3, -0.25) is 0 Å². The van der Waals surface area contributed by atoms with Crippen LogP contribution in [0.4, 0.5) is 4.39 Å². The number of allylic oxidation sites excluding steroid dienone is 1. The van der Waals surface area contributed by atoms with Crippen molar-refractivity contribution in [2.24, 2.45) is 11.8 Å². The lowest BCUT2D eigenvalue weighted by molar-refractivity contribution is 0.152. The van der Waals surface area contributed by atoms with Crippen LogP contribution in [0.5, 0.6) is 5.75 Å². The molecule has 1 N–H and O–H groups in total. The Labute approximate surface area is 113 Å². The number of methoxy groups -OCH3 is 1. The van der Waals surface area contributed by atoms with Crippen molar-refractivity contribution in [3.63, 3.8) is 0 Å². The molecule has 0 heterocycles. The maximum Gasteiger partial charge on any atom is 0.165 e. The zero-order valence-corrected chi connectivity index (χ0v) is 11.4. The fraction of sp³-hybridized carbons (Fsp3) is 0.500. The van der Waals surface area contributed by atoms with Crippen molar-refractivity contribution in [1.29, 1.82) is 0 Å². The molecule has 3 heteroatoms. The second-order valence-corrected chi connectivity index (χ2v) is 5.63. The third-order valence-electron chi connectivity index (χ3n) is 4.50. The Kier molecular flexibility index (Phi) is 3.31. The van der Waals surface area contributed by atoms with Gasteiger partial charge in [-0.2, -0.15) is 0 Å². The van der Waals surface area contributed by atoms with Crippen molar-refractivity contribution in [3.05, 3.63) is 41.7 Å². The highest BCUT2D eigenvalue weighted by atomic mass is 19.1. The van der Waals surface area contributed by atoms with Gasteiger partial charge in [0, 0.05) is 12.1 Å². The minimum atomic E-state index is -0.291. The maximum atomic E-state index is 13.7. The highest BCUT2D eigenvalue weighted by Gasteiger charge is 2.41. The topological polar surface area (TPSA) is 21.3 Å². The van der Waals surface area contributed by atoms with E-state index in [0.717, 1.165) is 11.5 Å². The molecule has 2 aliphatic rings. The van der Waals surface area contributed by atoms with Crippen LogP contribution in [0, 0.1) is 17.7 Å². The fourth-order valence-corrected chi connectivity index (χ4v) is 3.28. The van der Waals surface area contributed by atoms with E-state index in [1.54, 1.807) is 12.1 Å². The number of hydrogen-bond acceptors (Lipinski definition) is 2. The van der Waals surface area contributed by atoms with Crippen LogP contribution in [0.1, 0.15) is 31.4 Å². The van der Waals surface area contributed by atoms with Gasteiger partial charge in [0.25, 0.3) is 0 Å². The molecule has 1 aromatic rings. The maximum absolute atomic E-state index is 13.7. The Hall–Kier alpha value is -1.35. The Bertz CT molecular complexity index is 500. The molecule has 19 heavy (non-hydrogen) atoms. The van der Waals surface area contributed by atoms with Crippen molar-refractivity contribution in [1.82, 2.24) is 5.32 Å². The normalized spacial score (nSPS) is 29.7. The van der Waals surface area contributed by atoms with Crippen LogP contribution in [0.25, 0.3) is 0 Å². The van der Waals surface area contributed by atoms with E-state index in [2.05, 4.69) is 24.4 Å². The molecule has 0 aromatic heterocycles. The van der Waals surface area contributed by atoms with Crippen LogP contribution in [-0.2, 0) is 0 Å². The van der Waals surface area contributed by atoms with Crippen molar-refractivity contribution in [3.8, 4) is 5.75 Å². The molecule has 3 rings (SSSR count). The van der Waals surface area contributed by atoms with Gasteiger partial charge in [0.1, 0.15) is 0 Å². The standard InChI is InChI=1S/C16H20FNO/c1-10(11-6-7-16(19-2)14(17)8-11)18-15-9-12-4-3-5-13(12)15/h3,5-8,10,12-13,15,18H,4,9H2,1-2H3. The average molecular weight is 261 g/mol. The van der Waals surface area contributed by atoms with Crippen LogP contribution >= 0.6 is 0 Å². The minimum absolute atomic E-state index is 0.167. The van der Waals surface area contributed by atoms with E-state index >= 15 is 0 Å². The van der Waals surface area contributed by atoms with Gasteiger partial charge in [0.15, 0.2) is 11.6 Å². The molecule has 4 atom stereocenters. The van der Waals surface area contributed by atoms with Gasteiger partial charge in [0.05, 0.1) is 7.11 Å².